The maximum atomic E-state index is 12.5. The smallest absolute Gasteiger partial charge is 0.272 e. The SMILES string of the molecule is CCC1CC(=O)NN=C1c1ccc(NC(=O)c2cc3ccccc3[nH]2)cc1. The van der Waals surface area contributed by atoms with Gasteiger partial charge in [-0.15, -0.1) is 0 Å². The van der Waals surface area contributed by atoms with Crippen LogP contribution in [0.1, 0.15) is 35.8 Å². The number of nitrogens with zero attached hydrogens (tertiary/aromatic N) is 1. The van der Waals surface area contributed by atoms with E-state index in [2.05, 4.69) is 20.8 Å². The molecule has 3 N–H and O–H groups in total. The molecule has 1 aromatic heterocycles. The molecule has 0 saturated heterocycles. The number of fused-ring (bicyclic) bond motifs is 1. The van der Waals surface area contributed by atoms with Gasteiger partial charge in [0.2, 0.25) is 5.91 Å². The first-order valence-corrected chi connectivity index (χ1v) is 9.00. The van der Waals surface area contributed by atoms with Crippen molar-refractivity contribution < 1.29 is 9.59 Å². The summed E-state index contributed by atoms with van der Waals surface area (Å²) >= 11 is 0. The lowest BCUT2D eigenvalue weighted by Crippen LogP contribution is -2.33. The Kier molecular flexibility index (Phi) is 4.46. The molecule has 1 atom stereocenters. The maximum absolute atomic E-state index is 12.5. The highest BCUT2D eigenvalue weighted by molar-refractivity contribution is 6.07. The average Bonchev–Trinajstić information content (AvgIpc) is 3.13. The number of rotatable bonds is 4. The molecule has 0 saturated carbocycles. The number of carbonyl (C=O) groups excluding carboxylic acids is 2. The second-order valence-corrected chi connectivity index (χ2v) is 6.64. The highest BCUT2D eigenvalue weighted by Gasteiger charge is 2.24. The van der Waals surface area contributed by atoms with E-state index in [1.807, 2.05) is 61.5 Å². The molecule has 2 aromatic carbocycles. The van der Waals surface area contributed by atoms with E-state index in [9.17, 15) is 9.59 Å². The van der Waals surface area contributed by atoms with Crippen LogP contribution >= 0.6 is 0 Å². The van der Waals surface area contributed by atoms with Crippen LogP contribution in [-0.2, 0) is 4.79 Å². The summed E-state index contributed by atoms with van der Waals surface area (Å²) in [5.41, 5.74) is 6.54. The van der Waals surface area contributed by atoms with E-state index >= 15 is 0 Å². The van der Waals surface area contributed by atoms with Crippen molar-refractivity contribution in [3.63, 3.8) is 0 Å². The first kappa shape index (κ1) is 17.0. The number of hydrogen-bond acceptors (Lipinski definition) is 3. The van der Waals surface area contributed by atoms with Gasteiger partial charge in [0.15, 0.2) is 0 Å². The molecule has 2 amide bonds. The molecule has 4 rings (SSSR count). The van der Waals surface area contributed by atoms with Crippen LogP contribution in [0.25, 0.3) is 10.9 Å². The Bertz CT molecular complexity index is 1000. The lowest BCUT2D eigenvalue weighted by molar-refractivity contribution is -0.122. The number of anilines is 1. The fourth-order valence-electron chi connectivity index (χ4n) is 3.34. The molecule has 1 aliphatic rings. The first-order chi connectivity index (χ1) is 13.1. The van der Waals surface area contributed by atoms with Gasteiger partial charge in [-0.05, 0) is 36.2 Å². The van der Waals surface area contributed by atoms with E-state index in [0.717, 1.165) is 28.6 Å². The van der Waals surface area contributed by atoms with Crippen molar-refractivity contribution in [2.45, 2.75) is 19.8 Å². The molecule has 1 aliphatic heterocycles. The monoisotopic (exact) mass is 360 g/mol. The third kappa shape index (κ3) is 3.46. The Morgan fingerprint density at radius 1 is 1.19 bits per heavy atom. The third-order valence-electron chi connectivity index (χ3n) is 4.83. The summed E-state index contributed by atoms with van der Waals surface area (Å²) in [5.74, 6) is -0.119. The molecule has 1 unspecified atom stereocenters. The number of para-hydroxylation sites is 1. The maximum Gasteiger partial charge on any atom is 0.272 e. The van der Waals surface area contributed by atoms with E-state index in [0.29, 0.717) is 17.8 Å². The van der Waals surface area contributed by atoms with Crippen molar-refractivity contribution in [2.75, 3.05) is 5.32 Å². The van der Waals surface area contributed by atoms with E-state index in [1.165, 1.54) is 0 Å². The topological polar surface area (TPSA) is 86.3 Å². The van der Waals surface area contributed by atoms with Crippen LogP contribution in [0.15, 0.2) is 59.7 Å². The zero-order valence-corrected chi connectivity index (χ0v) is 15.0. The zero-order valence-electron chi connectivity index (χ0n) is 15.0. The Balaban J connectivity index is 1.50. The number of benzene rings is 2. The van der Waals surface area contributed by atoms with Crippen LogP contribution in [-0.4, -0.2) is 22.5 Å². The summed E-state index contributed by atoms with van der Waals surface area (Å²) in [6.07, 6.45) is 1.30. The number of aromatic nitrogens is 1. The molecule has 0 fully saturated rings. The van der Waals surface area contributed by atoms with E-state index in [1.54, 1.807) is 0 Å². The Labute approximate surface area is 156 Å². The molecular weight excluding hydrogens is 340 g/mol. The van der Waals surface area contributed by atoms with Crippen molar-refractivity contribution in [3.05, 3.63) is 65.9 Å². The highest BCUT2D eigenvalue weighted by atomic mass is 16.2. The normalized spacial score (nSPS) is 16.7. The van der Waals surface area contributed by atoms with E-state index < -0.39 is 0 Å². The number of hydrazone groups is 1. The summed E-state index contributed by atoms with van der Waals surface area (Å²) in [7, 11) is 0. The van der Waals surface area contributed by atoms with Gasteiger partial charge < -0.3 is 10.3 Å². The van der Waals surface area contributed by atoms with Crippen LogP contribution in [0.2, 0.25) is 0 Å². The van der Waals surface area contributed by atoms with Gasteiger partial charge >= 0.3 is 0 Å². The number of amides is 2. The molecule has 6 nitrogen and oxygen atoms in total. The van der Waals surface area contributed by atoms with Crippen molar-refractivity contribution in [2.24, 2.45) is 11.0 Å². The van der Waals surface area contributed by atoms with Gasteiger partial charge in [0, 0.05) is 28.9 Å². The summed E-state index contributed by atoms with van der Waals surface area (Å²) in [6.45, 7) is 2.05. The molecule has 6 heteroatoms. The second kappa shape index (κ2) is 7.07. The molecule has 0 radical (unpaired) electrons. The van der Waals surface area contributed by atoms with E-state index in [4.69, 9.17) is 0 Å². The minimum absolute atomic E-state index is 0.0483. The molecule has 0 bridgehead atoms. The summed E-state index contributed by atoms with van der Waals surface area (Å²) in [6, 6.07) is 17.1. The van der Waals surface area contributed by atoms with Crippen molar-refractivity contribution in [1.29, 1.82) is 0 Å². The molecule has 0 spiro atoms. The largest absolute Gasteiger partial charge is 0.351 e. The number of carbonyl (C=O) groups is 2. The molecule has 2 heterocycles. The standard InChI is InChI=1S/C21H20N4O2/c1-2-13-12-19(26)24-25-20(13)14-7-9-16(10-8-14)22-21(27)18-11-15-5-3-4-6-17(15)23-18/h3-11,13,23H,2,12H2,1H3,(H,22,27)(H,24,26). The summed E-state index contributed by atoms with van der Waals surface area (Å²) < 4.78 is 0. The van der Waals surface area contributed by atoms with Crippen LogP contribution in [0, 0.1) is 5.92 Å². The van der Waals surface area contributed by atoms with Gasteiger partial charge in [-0.3, -0.25) is 9.59 Å². The molecule has 136 valence electrons. The molecule has 0 aliphatic carbocycles. The average molecular weight is 360 g/mol. The van der Waals surface area contributed by atoms with Crippen LogP contribution < -0.4 is 10.7 Å². The van der Waals surface area contributed by atoms with Crippen LogP contribution in [0.4, 0.5) is 5.69 Å². The van der Waals surface area contributed by atoms with Gasteiger partial charge in [0.25, 0.3) is 5.91 Å². The van der Waals surface area contributed by atoms with Gasteiger partial charge in [0.05, 0.1) is 5.71 Å². The van der Waals surface area contributed by atoms with Crippen molar-refractivity contribution in [3.8, 4) is 0 Å². The number of aromatic amines is 1. The summed E-state index contributed by atoms with van der Waals surface area (Å²) in [5, 5.41) is 8.12. The Morgan fingerprint density at radius 2 is 1.96 bits per heavy atom. The molecule has 3 aromatic rings. The fraction of sp³-hybridized carbons (Fsp3) is 0.190. The number of H-pyrrole nitrogens is 1. The molecule has 27 heavy (non-hydrogen) atoms. The van der Waals surface area contributed by atoms with Crippen LogP contribution in [0.5, 0.6) is 0 Å². The summed E-state index contributed by atoms with van der Waals surface area (Å²) in [4.78, 5) is 27.1. The predicted molar refractivity (Wildman–Crippen MR) is 106 cm³/mol. The van der Waals surface area contributed by atoms with Gasteiger partial charge in [-0.2, -0.15) is 5.10 Å². The van der Waals surface area contributed by atoms with Gasteiger partial charge in [0.1, 0.15) is 5.69 Å². The number of hydrogen-bond donors (Lipinski definition) is 3. The third-order valence-corrected chi connectivity index (χ3v) is 4.83. The fourth-order valence-corrected chi connectivity index (χ4v) is 3.34. The lowest BCUT2D eigenvalue weighted by Gasteiger charge is -2.21. The predicted octanol–water partition coefficient (Wildman–Crippen LogP) is 3.67. The first-order valence-electron chi connectivity index (χ1n) is 9.00. The zero-order chi connectivity index (χ0) is 18.8. The van der Waals surface area contributed by atoms with Crippen molar-refractivity contribution >= 4 is 34.1 Å². The van der Waals surface area contributed by atoms with Crippen LogP contribution in [0.3, 0.4) is 0 Å². The van der Waals surface area contributed by atoms with Crippen molar-refractivity contribution in [1.82, 2.24) is 10.4 Å². The Hall–Kier alpha value is -3.41. The lowest BCUT2D eigenvalue weighted by atomic mass is 9.90. The number of nitrogens with one attached hydrogen (secondary N) is 3. The minimum atomic E-state index is -0.187. The Morgan fingerprint density at radius 3 is 2.70 bits per heavy atom. The quantitative estimate of drug-likeness (QED) is 0.663. The van der Waals surface area contributed by atoms with E-state index in [-0.39, 0.29) is 17.7 Å². The second-order valence-electron chi connectivity index (χ2n) is 6.64. The minimum Gasteiger partial charge on any atom is -0.351 e. The van der Waals surface area contributed by atoms with Gasteiger partial charge in [-0.1, -0.05) is 37.3 Å². The van der Waals surface area contributed by atoms with Gasteiger partial charge in [-0.25, -0.2) is 5.43 Å². The highest BCUT2D eigenvalue weighted by Crippen LogP contribution is 2.22. The molecular formula is C21H20N4O2.